The molecule has 0 bridgehead atoms. The molecule has 0 spiro atoms. The molecular weight excluding hydrogens is 236 g/mol. The van der Waals surface area contributed by atoms with Crippen LogP contribution in [0.3, 0.4) is 0 Å². The third-order valence-corrected chi connectivity index (χ3v) is 4.43. The van der Waals surface area contributed by atoms with E-state index in [1.165, 1.54) is 5.56 Å². The number of rotatable bonds is 4. The lowest BCUT2D eigenvalue weighted by Gasteiger charge is -2.16. The molecule has 1 aliphatic heterocycles. The van der Waals surface area contributed by atoms with E-state index in [4.69, 9.17) is 0 Å². The molecule has 0 aromatic heterocycles. The predicted octanol–water partition coefficient (Wildman–Crippen LogP) is 1.86. The van der Waals surface area contributed by atoms with Crippen molar-refractivity contribution in [1.82, 2.24) is 10.2 Å². The normalized spacial score (nSPS) is 29.5. The van der Waals surface area contributed by atoms with Crippen LogP contribution in [0.25, 0.3) is 0 Å². The Balaban J connectivity index is 1.56. The molecule has 1 heterocycles. The van der Waals surface area contributed by atoms with Crippen LogP contribution in [0, 0.1) is 11.8 Å². The van der Waals surface area contributed by atoms with Crippen LogP contribution in [0.5, 0.6) is 0 Å². The van der Waals surface area contributed by atoms with Gasteiger partial charge in [-0.25, -0.2) is 0 Å². The predicted molar refractivity (Wildman–Crippen MR) is 75.9 cm³/mol. The highest BCUT2D eigenvalue weighted by Crippen LogP contribution is 2.48. The summed E-state index contributed by atoms with van der Waals surface area (Å²) in [7, 11) is 1.98. The van der Waals surface area contributed by atoms with E-state index < -0.39 is 0 Å². The summed E-state index contributed by atoms with van der Waals surface area (Å²) in [6, 6.07) is 10.4. The molecule has 2 aliphatic rings. The second-order valence-corrected chi connectivity index (χ2v) is 5.86. The number of carbonyl (C=O) groups is 1. The largest absolute Gasteiger partial charge is 0.342 e. The first-order valence-corrected chi connectivity index (χ1v) is 7.28. The van der Waals surface area contributed by atoms with E-state index in [-0.39, 0.29) is 5.92 Å². The van der Waals surface area contributed by atoms with Crippen molar-refractivity contribution in [3.8, 4) is 0 Å². The fraction of sp³-hybridized carbons (Fsp3) is 0.562. The third-order valence-electron chi connectivity index (χ3n) is 4.43. The molecule has 0 radical (unpaired) electrons. The fourth-order valence-electron chi connectivity index (χ4n) is 3.26. The van der Waals surface area contributed by atoms with Crippen molar-refractivity contribution in [3.05, 3.63) is 35.9 Å². The van der Waals surface area contributed by atoms with Crippen molar-refractivity contribution in [2.75, 3.05) is 26.7 Å². The van der Waals surface area contributed by atoms with Crippen molar-refractivity contribution < 1.29 is 4.79 Å². The molecular formula is C16H22N2O. The molecule has 3 atom stereocenters. The van der Waals surface area contributed by atoms with E-state index in [1.807, 2.05) is 13.1 Å². The number of amides is 1. The van der Waals surface area contributed by atoms with Crippen molar-refractivity contribution in [2.45, 2.75) is 18.8 Å². The van der Waals surface area contributed by atoms with Gasteiger partial charge >= 0.3 is 0 Å². The Hall–Kier alpha value is -1.35. The highest BCUT2D eigenvalue weighted by molar-refractivity contribution is 5.83. The average molecular weight is 258 g/mol. The Labute approximate surface area is 115 Å². The van der Waals surface area contributed by atoms with Gasteiger partial charge < -0.3 is 10.2 Å². The Bertz CT molecular complexity index is 445. The lowest BCUT2D eigenvalue weighted by atomic mass is 10.1. The molecule has 1 aliphatic carbocycles. The molecule has 19 heavy (non-hydrogen) atoms. The van der Waals surface area contributed by atoms with Crippen LogP contribution in [0.15, 0.2) is 30.3 Å². The number of likely N-dealkylation sites (tertiary alicyclic amines) is 1. The van der Waals surface area contributed by atoms with Gasteiger partial charge in [0.1, 0.15) is 0 Å². The van der Waals surface area contributed by atoms with Gasteiger partial charge in [0, 0.05) is 19.0 Å². The van der Waals surface area contributed by atoms with Crippen LogP contribution < -0.4 is 5.32 Å². The van der Waals surface area contributed by atoms with Gasteiger partial charge in [-0.2, -0.15) is 0 Å². The van der Waals surface area contributed by atoms with Crippen LogP contribution in [-0.2, 0) is 4.79 Å². The van der Waals surface area contributed by atoms with E-state index in [0.717, 1.165) is 32.5 Å². The Morgan fingerprint density at radius 3 is 2.89 bits per heavy atom. The standard InChI is InChI=1S/C16H22N2O/c1-17-10-12-7-8-18(11-12)16(19)15-9-14(15)13-5-3-2-4-6-13/h2-6,12,14-15,17H,7-11H2,1H3. The maximum atomic E-state index is 12.4. The van der Waals surface area contributed by atoms with E-state index in [2.05, 4.69) is 34.5 Å². The fourth-order valence-corrected chi connectivity index (χ4v) is 3.26. The van der Waals surface area contributed by atoms with Crippen molar-refractivity contribution in [2.24, 2.45) is 11.8 Å². The number of nitrogens with one attached hydrogen (secondary N) is 1. The first kappa shape index (κ1) is 12.7. The Kier molecular flexibility index (Phi) is 3.56. The molecule has 2 fully saturated rings. The van der Waals surface area contributed by atoms with Crippen LogP contribution in [0.4, 0.5) is 0 Å². The topological polar surface area (TPSA) is 32.3 Å². The van der Waals surface area contributed by atoms with E-state index in [9.17, 15) is 4.79 Å². The molecule has 1 saturated heterocycles. The van der Waals surface area contributed by atoms with Gasteiger partial charge in [-0.3, -0.25) is 4.79 Å². The zero-order chi connectivity index (χ0) is 13.2. The summed E-state index contributed by atoms with van der Waals surface area (Å²) in [5, 5.41) is 3.21. The summed E-state index contributed by atoms with van der Waals surface area (Å²) >= 11 is 0. The van der Waals surface area contributed by atoms with Crippen molar-refractivity contribution >= 4 is 5.91 Å². The highest BCUT2D eigenvalue weighted by atomic mass is 16.2. The van der Waals surface area contributed by atoms with Gasteiger partial charge in [0.2, 0.25) is 5.91 Å². The number of benzene rings is 1. The summed E-state index contributed by atoms with van der Waals surface area (Å²) in [5.74, 6) is 1.74. The quantitative estimate of drug-likeness (QED) is 0.894. The number of hydrogen-bond acceptors (Lipinski definition) is 2. The average Bonchev–Trinajstić information content (AvgIpc) is 3.12. The summed E-state index contributed by atoms with van der Waals surface area (Å²) in [6.07, 6.45) is 2.19. The van der Waals surface area contributed by atoms with Crippen molar-refractivity contribution in [3.63, 3.8) is 0 Å². The molecule has 1 aromatic rings. The van der Waals surface area contributed by atoms with Crippen LogP contribution >= 0.6 is 0 Å². The lowest BCUT2D eigenvalue weighted by molar-refractivity contribution is -0.131. The van der Waals surface area contributed by atoms with E-state index in [0.29, 0.717) is 17.7 Å². The number of hydrogen-bond donors (Lipinski definition) is 1. The molecule has 1 saturated carbocycles. The molecule has 3 heteroatoms. The first-order valence-electron chi connectivity index (χ1n) is 7.28. The van der Waals surface area contributed by atoms with Crippen LogP contribution in [0.2, 0.25) is 0 Å². The zero-order valence-electron chi connectivity index (χ0n) is 11.5. The summed E-state index contributed by atoms with van der Waals surface area (Å²) in [5.41, 5.74) is 1.33. The minimum atomic E-state index is 0.246. The third kappa shape index (κ3) is 2.66. The van der Waals surface area contributed by atoms with Gasteiger partial charge in [-0.15, -0.1) is 0 Å². The zero-order valence-corrected chi connectivity index (χ0v) is 11.5. The van der Waals surface area contributed by atoms with Gasteiger partial charge in [-0.1, -0.05) is 30.3 Å². The molecule has 1 aromatic carbocycles. The van der Waals surface area contributed by atoms with E-state index in [1.54, 1.807) is 0 Å². The number of carbonyl (C=O) groups excluding carboxylic acids is 1. The summed E-state index contributed by atoms with van der Waals surface area (Å²) in [6.45, 7) is 2.91. The lowest BCUT2D eigenvalue weighted by Crippen LogP contribution is -2.31. The van der Waals surface area contributed by atoms with E-state index >= 15 is 0 Å². The summed E-state index contributed by atoms with van der Waals surface area (Å²) in [4.78, 5) is 14.5. The minimum Gasteiger partial charge on any atom is -0.342 e. The second-order valence-electron chi connectivity index (χ2n) is 5.86. The smallest absolute Gasteiger partial charge is 0.226 e. The van der Waals surface area contributed by atoms with Crippen LogP contribution in [0.1, 0.15) is 24.3 Å². The monoisotopic (exact) mass is 258 g/mol. The van der Waals surface area contributed by atoms with Gasteiger partial charge in [0.15, 0.2) is 0 Å². The first-order chi connectivity index (χ1) is 9.29. The Morgan fingerprint density at radius 1 is 1.37 bits per heavy atom. The highest BCUT2D eigenvalue weighted by Gasteiger charge is 2.46. The SMILES string of the molecule is CNCC1CCN(C(=O)C2CC2c2ccccc2)C1. The maximum Gasteiger partial charge on any atom is 0.226 e. The van der Waals surface area contributed by atoms with Crippen LogP contribution in [-0.4, -0.2) is 37.5 Å². The Morgan fingerprint density at radius 2 is 2.16 bits per heavy atom. The molecule has 3 unspecified atom stereocenters. The molecule has 3 rings (SSSR count). The van der Waals surface area contributed by atoms with Gasteiger partial charge in [0.25, 0.3) is 0 Å². The summed E-state index contributed by atoms with van der Waals surface area (Å²) < 4.78 is 0. The number of nitrogens with zero attached hydrogens (tertiary/aromatic N) is 1. The molecule has 3 nitrogen and oxygen atoms in total. The second kappa shape index (κ2) is 5.33. The molecule has 102 valence electrons. The molecule has 1 N–H and O–H groups in total. The van der Waals surface area contributed by atoms with Crippen molar-refractivity contribution in [1.29, 1.82) is 0 Å². The van der Waals surface area contributed by atoms with Gasteiger partial charge in [0.05, 0.1) is 0 Å². The minimum absolute atomic E-state index is 0.246. The molecule has 1 amide bonds. The van der Waals surface area contributed by atoms with Gasteiger partial charge in [-0.05, 0) is 43.8 Å². The maximum absolute atomic E-state index is 12.4.